The predicted octanol–water partition coefficient (Wildman–Crippen LogP) is 5.12. The van der Waals surface area contributed by atoms with Gasteiger partial charge in [-0.25, -0.2) is 4.39 Å². The zero-order valence-electron chi connectivity index (χ0n) is 11.0. The minimum absolute atomic E-state index is 0.107. The first-order chi connectivity index (χ1) is 9.20. The van der Waals surface area contributed by atoms with Gasteiger partial charge in [-0.1, -0.05) is 57.2 Å². The Morgan fingerprint density at radius 2 is 1.95 bits per heavy atom. The van der Waals surface area contributed by atoms with Gasteiger partial charge in [-0.3, -0.25) is 4.90 Å². The molecule has 0 bridgehead atoms. The number of halogens is 3. The number of hydrogen-bond donors (Lipinski definition) is 0. The molecule has 1 aliphatic rings. The van der Waals surface area contributed by atoms with Crippen molar-refractivity contribution >= 4 is 31.9 Å². The van der Waals surface area contributed by atoms with Crippen molar-refractivity contribution < 1.29 is 4.39 Å². The van der Waals surface area contributed by atoms with Crippen LogP contribution >= 0.6 is 31.9 Å². The zero-order chi connectivity index (χ0) is 13.7. The van der Waals surface area contributed by atoms with E-state index >= 15 is 0 Å². The average Bonchev–Trinajstić information content (AvgIpc) is 2.42. The van der Waals surface area contributed by atoms with Gasteiger partial charge in [0.2, 0.25) is 0 Å². The molecule has 1 aliphatic carbocycles. The third-order valence-electron chi connectivity index (χ3n) is 3.85. The number of alkyl halides is 1. The summed E-state index contributed by atoms with van der Waals surface area (Å²) in [4.78, 5) is 2.43. The van der Waals surface area contributed by atoms with Crippen molar-refractivity contribution in [2.45, 2.75) is 44.7 Å². The van der Waals surface area contributed by atoms with Gasteiger partial charge in [0, 0.05) is 34.5 Å². The van der Waals surface area contributed by atoms with Crippen LogP contribution in [-0.4, -0.2) is 22.8 Å². The molecule has 0 amide bonds. The van der Waals surface area contributed by atoms with Crippen LogP contribution in [0.15, 0.2) is 22.7 Å². The number of benzene rings is 1. The van der Waals surface area contributed by atoms with Crippen LogP contribution in [0.2, 0.25) is 0 Å². The Morgan fingerprint density at radius 3 is 2.58 bits per heavy atom. The summed E-state index contributed by atoms with van der Waals surface area (Å²) < 4.78 is 14.8. The van der Waals surface area contributed by atoms with Gasteiger partial charge in [0.1, 0.15) is 5.82 Å². The maximum absolute atomic E-state index is 13.9. The first kappa shape index (κ1) is 15.5. The van der Waals surface area contributed by atoms with Crippen molar-refractivity contribution in [3.8, 4) is 0 Å². The molecule has 0 N–H and O–H groups in total. The van der Waals surface area contributed by atoms with Crippen LogP contribution in [0.4, 0.5) is 4.39 Å². The summed E-state index contributed by atoms with van der Waals surface area (Å²) in [5.41, 5.74) is 0.801. The van der Waals surface area contributed by atoms with Crippen molar-refractivity contribution in [3.05, 3.63) is 34.1 Å². The van der Waals surface area contributed by atoms with E-state index in [9.17, 15) is 4.39 Å². The summed E-state index contributed by atoms with van der Waals surface area (Å²) in [7, 11) is 0. The molecule has 1 aromatic rings. The Kier molecular flexibility index (Phi) is 6.30. The maximum Gasteiger partial charge on any atom is 0.128 e. The summed E-state index contributed by atoms with van der Waals surface area (Å²) in [5.74, 6) is -0.107. The number of nitrogens with zero attached hydrogens (tertiary/aromatic N) is 1. The van der Waals surface area contributed by atoms with E-state index < -0.39 is 0 Å². The molecule has 4 heteroatoms. The summed E-state index contributed by atoms with van der Waals surface area (Å²) in [5, 5.41) is 0.946. The molecule has 1 fully saturated rings. The van der Waals surface area contributed by atoms with E-state index in [1.54, 1.807) is 6.07 Å². The van der Waals surface area contributed by atoms with E-state index in [4.69, 9.17) is 0 Å². The van der Waals surface area contributed by atoms with Crippen molar-refractivity contribution in [3.63, 3.8) is 0 Å². The van der Waals surface area contributed by atoms with E-state index in [0.717, 1.165) is 28.5 Å². The molecule has 0 aliphatic heterocycles. The molecule has 19 heavy (non-hydrogen) atoms. The Hall–Kier alpha value is 0.0700. The SMILES string of the molecule is Fc1cc(Br)ccc1CN(CCBr)C1CCCCC1. The van der Waals surface area contributed by atoms with Crippen LogP contribution in [0.1, 0.15) is 37.7 Å². The fraction of sp³-hybridized carbons (Fsp3) is 0.600. The van der Waals surface area contributed by atoms with Crippen LogP contribution in [0.5, 0.6) is 0 Å². The predicted molar refractivity (Wildman–Crippen MR) is 85.2 cm³/mol. The Balaban J connectivity index is 2.06. The lowest BCUT2D eigenvalue weighted by Gasteiger charge is -2.34. The Bertz CT molecular complexity index is 405. The van der Waals surface area contributed by atoms with Gasteiger partial charge in [-0.2, -0.15) is 0 Å². The molecule has 0 spiro atoms. The van der Waals surface area contributed by atoms with Gasteiger partial charge >= 0.3 is 0 Å². The molecule has 1 saturated carbocycles. The van der Waals surface area contributed by atoms with E-state index in [-0.39, 0.29) is 5.82 Å². The lowest BCUT2D eigenvalue weighted by Crippen LogP contribution is -2.37. The molecule has 1 aromatic carbocycles. The fourth-order valence-electron chi connectivity index (χ4n) is 2.81. The average molecular weight is 393 g/mol. The fourth-order valence-corrected chi connectivity index (χ4v) is 3.60. The molecule has 0 atom stereocenters. The highest BCUT2D eigenvalue weighted by Crippen LogP contribution is 2.25. The first-order valence-electron chi connectivity index (χ1n) is 6.94. The van der Waals surface area contributed by atoms with E-state index in [1.165, 1.54) is 32.1 Å². The molecule has 106 valence electrons. The van der Waals surface area contributed by atoms with E-state index in [1.807, 2.05) is 12.1 Å². The standard InChI is InChI=1S/C15H20Br2FN/c16-8-9-19(14-4-2-1-3-5-14)11-12-6-7-13(17)10-15(12)18/h6-7,10,14H,1-5,8-9,11H2. The largest absolute Gasteiger partial charge is 0.295 e. The van der Waals surface area contributed by atoms with Crippen molar-refractivity contribution in [2.24, 2.45) is 0 Å². The van der Waals surface area contributed by atoms with Crippen LogP contribution in [0, 0.1) is 5.82 Å². The molecule has 0 unspecified atom stereocenters. The highest BCUT2D eigenvalue weighted by Gasteiger charge is 2.21. The summed E-state index contributed by atoms with van der Waals surface area (Å²) in [6.07, 6.45) is 6.49. The summed E-state index contributed by atoms with van der Waals surface area (Å²) in [6.45, 7) is 1.70. The topological polar surface area (TPSA) is 3.24 Å². The lowest BCUT2D eigenvalue weighted by molar-refractivity contribution is 0.156. The Morgan fingerprint density at radius 1 is 1.21 bits per heavy atom. The van der Waals surface area contributed by atoms with Crippen LogP contribution < -0.4 is 0 Å². The Labute approximate surface area is 131 Å². The monoisotopic (exact) mass is 391 g/mol. The number of rotatable bonds is 5. The highest BCUT2D eigenvalue weighted by atomic mass is 79.9. The molecular formula is C15H20Br2FN. The molecule has 2 rings (SSSR count). The van der Waals surface area contributed by atoms with E-state index in [2.05, 4.69) is 36.8 Å². The molecule has 0 heterocycles. The van der Waals surface area contributed by atoms with Gasteiger partial charge in [0.25, 0.3) is 0 Å². The first-order valence-corrected chi connectivity index (χ1v) is 8.86. The third-order valence-corrected chi connectivity index (χ3v) is 4.70. The van der Waals surface area contributed by atoms with Gasteiger partial charge in [-0.15, -0.1) is 0 Å². The molecule has 0 radical (unpaired) electrons. The van der Waals surface area contributed by atoms with Crippen molar-refractivity contribution in [2.75, 3.05) is 11.9 Å². The summed E-state index contributed by atoms with van der Waals surface area (Å²) >= 11 is 6.83. The molecule has 0 saturated heterocycles. The van der Waals surface area contributed by atoms with Crippen molar-refractivity contribution in [1.82, 2.24) is 4.90 Å². The van der Waals surface area contributed by atoms with Gasteiger partial charge in [0.15, 0.2) is 0 Å². The molecule has 1 nitrogen and oxygen atoms in total. The van der Waals surface area contributed by atoms with Crippen LogP contribution in [0.3, 0.4) is 0 Å². The van der Waals surface area contributed by atoms with Crippen LogP contribution in [-0.2, 0) is 6.54 Å². The van der Waals surface area contributed by atoms with Gasteiger partial charge in [-0.05, 0) is 25.0 Å². The third kappa shape index (κ3) is 4.54. The summed E-state index contributed by atoms with van der Waals surface area (Å²) in [6, 6.07) is 5.99. The molecular weight excluding hydrogens is 373 g/mol. The van der Waals surface area contributed by atoms with Crippen molar-refractivity contribution in [1.29, 1.82) is 0 Å². The normalized spacial score (nSPS) is 17.1. The number of hydrogen-bond acceptors (Lipinski definition) is 1. The van der Waals surface area contributed by atoms with E-state index in [0.29, 0.717) is 6.04 Å². The minimum Gasteiger partial charge on any atom is -0.295 e. The zero-order valence-corrected chi connectivity index (χ0v) is 14.2. The quantitative estimate of drug-likeness (QED) is 0.628. The minimum atomic E-state index is -0.107. The second kappa shape index (κ2) is 7.75. The van der Waals surface area contributed by atoms with Crippen LogP contribution in [0.25, 0.3) is 0 Å². The second-order valence-electron chi connectivity index (χ2n) is 5.19. The maximum atomic E-state index is 13.9. The highest BCUT2D eigenvalue weighted by molar-refractivity contribution is 9.10. The van der Waals surface area contributed by atoms with Gasteiger partial charge in [0.05, 0.1) is 0 Å². The smallest absolute Gasteiger partial charge is 0.128 e. The second-order valence-corrected chi connectivity index (χ2v) is 6.90. The molecule has 0 aromatic heterocycles. The lowest BCUT2D eigenvalue weighted by atomic mass is 9.94. The van der Waals surface area contributed by atoms with Gasteiger partial charge < -0.3 is 0 Å².